The van der Waals surface area contributed by atoms with Gasteiger partial charge in [-0.1, -0.05) is 57.2 Å². The molecule has 0 bridgehead atoms. The monoisotopic (exact) mass is 330 g/mol. The standard InChI is InChI=1S/C16H26O5S/c1-3-4-5-6-7-11-14-16(2,21-22(17,18)19)20-15-12-9-8-10-13-15/h8-10,12-13H,3-7,11,14H2,1-2H3,(H,17,18,19). The zero-order valence-corrected chi connectivity index (χ0v) is 14.1. The number of ether oxygens (including phenoxy) is 1. The molecule has 0 saturated heterocycles. The van der Waals surface area contributed by atoms with E-state index in [4.69, 9.17) is 13.5 Å². The minimum Gasteiger partial charge on any atom is -0.461 e. The summed E-state index contributed by atoms with van der Waals surface area (Å²) in [6, 6.07) is 8.84. The molecule has 0 radical (unpaired) electrons. The van der Waals surface area contributed by atoms with Gasteiger partial charge in [-0.05, 0) is 18.6 Å². The molecule has 1 atom stereocenters. The number of hydrogen-bond donors (Lipinski definition) is 1. The summed E-state index contributed by atoms with van der Waals surface area (Å²) in [6.45, 7) is 3.69. The summed E-state index contributed by atoms with van der Waals surface area (Å²) in [6.07, 6.45) is 6.78. The second-order valence-electron chi connectivity index (χ2n) is 5.58. The molecule has 0 saturated carbocycles. The van der Waals surface area contributed by atoms with Crippen molar-refractivity contribution < 1.29 is 21.9 Å². The molecule has 5 nitrogen and oxygen atoms in total. The summed E-state index contributed by atoms with van der Waals surface area (Å²) in [5, 5.41) is 0. The highest BCUT2D eigenvalue weighted by Crippen LogP contribution is 2.26. The van der Waals surface area contributed by atoms with Crippen LogP contribution in [-0.2, 0) is 14.6 Å². The molecule has 0 aromatic heterocycles. The lowest BCUT2D eigenvalue weighted by Gasteiger charge is -2.28. The Balaban J connectivity index is 2.58. The molecule has 0 spiro atoms. The molecule has 0 aliphatic carbocycles. The Hall–Kier alpha value is -1.11. The molecule has 0 amide bonds. The Morgan fingerprint density at radius 1 is 1.05 bits per heavy atom. The highest BCUT2D eigenvalue weighted by Gasteiger charge is 2.32. The fourth-order valence-corrected chi connectivity index (χ4v) is 2.86. The van der Waals surface area contributed by atoms with Gasteiger partial charge in [-0.3, -0.25) is 4.55 Å². The van der Waals surface area contributed by atoms with Crippen molar-refractivity contribution in [3.05, 3.63) is 30.3 Å². The summed E-state index contributed by atoms with van der Waals surface area (Å²) in [5.74, 6) is -0.903. The Bertz CT molecular complexity index is 515. The van der Waals surface area contributed by atoms with Crippen LogP contribution < -0.4 is 4.74 Å². The number of para-hydroxylation sites is 1. The molecule has 0 fully saturated rings. The quantitative estimate of drug-likeness (QED) is 0.371. The Kier molecular flexibility index (Phi) is 7.85. The van der Waals surface area contributed by atoms with E-state index >= 15 is 0 Å². The van der Waals surface area contributed by atoms with E-state index < -0.39 is 16.2 Å². The first-order valence-electron chi connectivity index (χ1n) is 7.77. The lowest BCUT2D eigenvalue weighted by molar-refractivity contribution is -0.106. The molecule has 1 N–H and O–H groups in total. The van der Waals surface area contributed by atoms with Gasteiger partial charge in [0.1, 0.15) is 5.75 Å². The van der Waals surface area contributed by atoms with Crippen LogP contribution in [0.15, 0.2) is 30.3 Å². The maximum Gasteiger partial charge on any atom is 0.400 e. The van der Waals surface area contributed by atoms with Crippen LogP contribution in [-0.4, -0.2) is 18.8 Å². The summed E-state index contributed by atoms with van der Waals surface area (Å²) in [5.41, 5.74) is 0. The predicted octanol–water partition coefficient (Wildman–Crippen LogP) is 4.35. The molecule has 0 heterocycles. The third-order valence-corrected chi connectivity index (χ3v) is 3.91. The molecule has 1 aromatic rings. The van der Waals surface area contributed by atoms with Crippen LogP contribution in [0.3, 0.4) is 0 Å². The molecular weight excluding hydrogens is 304 g/mol. The topological polar surface area (TPSA) is 72.8 Å². The van der Waals surface area contributed by atoms with Crippen LogP contribution in [0.25, 0.3) is 0 Å². The van der Waals surface area contributed by atoms with E-state index in [-0.39, 0.29) is 0 Å². The normalized spacial score (nSPS) is 14.5. The highest BCUT2D eigenvalue weighted by atomic mass is 32.3. The molecule has 0 aliphatic rings. The van der Waals surface area contributed by atoms with Gasteiger partial charge < -0.3 is 4.74 Å². The van der Waals surface area contributed by atoms with Gasteiger partial charge in [0.15, 0.2) is 0 Å². The zero-order chi connectivity index (χ0) is 16.5. The molecular formula is C16H26O5S. The van der Waals surface area contributed by atoms with Gasteiger partial charge in [0, 0.05) is 13.3 Å². The molecule has 0 aliphatic heterocycles. The summed E-state index contributed by atoms with van der Waals surface area (Å²) in [7, 11) is -4.58. The number of benzene rings is 1. The van der Waals surface area contributed by atoms with E-state index in [9.17, 15) is 8.42 Å². The van der Waals surface area contributed by atoms with Crippen LogP contribution in [0, 0.1) is 0 Å². The first-order chi connectivity index (χ1) is 10.3. The van der Waals surface area contributed by atoms with Gasteiger partial charge in [-0.25, -0.2) is 4.18 Å². The summed E-state index contributed by atoms with van der Waals surface area (Å²) in [4.78, 5) is 0. The van der Waals surface area contributed by atoms with E-state index in [1.165, 1.54) is 26.2 Å². The second kappa shape index (κ2) is 9.12. The van der Waals surface area contributed by atoms with Gasteiger partial charge in [-0.2, -0.15) is 8.42 Å². The van der Waals surface area contributed by atoms with Crippen molar-refractivity contribution in [2.75, 3.05) is 0 Å². The van der Waals surface area contributed by atoms with E-state index in [0.29, 0.717) is 12.2 Å². The third-order valence-electron chi connectivity index (χ3n) is 3.34. The molecule has 6 heteroatoms. The minimum atomic E-state index is -4.58. The van der Waals surface area contributed by atoms with Crippen LogP contribution in [0.1, 0.15) is 58.8 Å². The first-order valence-corrected chi connectivity index (χ1v) is 9.13. The van der Waals surface area contributed by atoms with Gasteiger partial charge in [-0.15, -0.1) is 0 Å². The number of unbranched alkanes of at least 4 members (excludes halogenated alkanes) is 5. The largest absolute Gasteiger partial charge is 0.461 e. The van der Waals surface area contributed by atoms with E-state index in [2.05, 4.69) is 6.92 Å². The van der Waals surface area contributed by atoms with Gasteiger partial charge in [0.05, 0.1) is 0 Å². The minimum absolute atomic E-state index is 0.383. The fraction of sp³-hybridized carbons (Fsp3) is 0.625. The molecule has 1 aromatic carbocycles. The summed E-state index contributed by atoms with van der Waals surface area (Å²) < 4.78 is 41.5. The van der Waals surface area contributed by atoms with Crippen molar-refractivity contribution >= 4 is 10.4 Å². The Morgan fingerprint density at radius 2 is 1.64 bits per heavy atom. The molecule has 126 valence electrons. The maximum atomic E-state index is 11.1. The third kappa shape index (κ3) is 8.36. The van der Waals surface area contributed by atoms with Crippen molar-refractivity contribution in [1.82, 2.24) is 0 Å². The number of rotatable bonds is 11. The average molecular weight is 330 g/mol. The van der Waals surface area contributed by atoms with Crippen molar-refractivity contribution in [3.8, 4) is 5.75 Å². The van der Waals surface area contributed by atoms with Crippen LogP contribution in [0.2, 0.25) is 0 Å². The van der Waals surface area contributed by atoms with E-state index in [0.717, 1.165) is 19.3 Å². The van der Waals surface area contributed by atoms with Gasteiger partial charge in [0.25, 0.3) is 0 Å². The van der Waals surface area contributed by atoms with Gasteiger partial charge >= 0.3 is 10.4 Å². The van der Waals surface area contributed by atoms with Crippen LogP contribution in [0.5, 0.6) is 5.75 Å². The molecule has 22 heavy (non-hydrogen) atoms. The van der Waals surface area contributed by atoms with Crippen molar-refractivity contribution in [2.24, 2.45) is 0 Å². The zero-order valence-electron chi connectivity index (χ0n) is 13.3. The maximum absolute atomic E-state index is 11.1. The smallest absolute Gasteiger partial charge is 0.400 e. The van der Waals surface area contributed by atoms with Crippen molar-refractivity contribution in [3.63, 3.8) is 0 Å². The van der Waals surface area contributed by atoms with E-state index in [1.807, 2.05) is 6.07 Å². The fourth-order valence-electron chi connectivity index (χ4n) is 2.30. The van der Waals surface area contributed by atoms with Crippen molar-refractivity contribution in [1.29, 1.82) is 0 Å². The van der Waals surface area contributed by atoms with Crippen LogP contribution in [0.4, 0.5) is 0 Å². The lowest BCUT2D eigenvalue weighted by atomic mass is 10.1. The number of hydrogen-bond acceptors (Lipinski definition) is 4. The highest BCUT2D eigenvalue weighted by molar-refractivity contribution is 7.80. The molecule has 1 unspecified atom stereocenters. The lowest BCUT2D eigenvalue weighted by Crippen LogP contribution is -2.38. The van der Waals surface area contributed by atoms with Gasteiger partial charge in [0.2, 0.25) is 5.79 Å². The Labute approximate surface area is 133 Å². The average Bonchev–Trinajstić information content (AvgIpc) is 2.41. The molecule has 1 rings (SSSR count). The van der Waals surface area contributed by atoms with Crippen LogP contribution >= 0.6 is 0 Å². The predicted molar refractivity (Wildman–Crippen MR) is 86.1 cm³/mol. The Morgan fingerprint density at radius 3 is 2.23 bits per heavy atom. The SMILES string of the molecule is CCCCCCCCC(C)(Oc1ccccc1)OS(=O)(=O)O. The second-order valence-corrected chi connectivity index (χ2v) is 6.60. The van der Waals surface area contributed by atoms with E-state index in [1.54, 1.807) is 24.3 Å². The van der Waals surface area contributed by atoms with Crippen molar-refractivity contribution in [2.45, 2.75) is 64.6 Å². The summed E-state index contributed by atoms with van der Waals surface area (Å²) >= 11 is 0. The first kappa shape index (κ1) is 18.9.